The maximum Gasteiger partial charge on any atom is 0.261 e. The molecule has 6 heteroatoms. The van der Waals surface area contributed by atoms with Crippen LogP contribution in [0.4, 0.5) is 0 Å². The van der Waals surface area contributed by atoms with E-state index in [0.29, 0.717) is 11.1 Å². The Balaban J connectivity index is 1.62. The highest BCUT2D eigenvalue weighted by Gasteiger charge is 2.36. The Bertz CT molecular complexity index is 1130. The molecule has 2 amide bonds. The van der Waals surface area contributed by atoms with Gasteiger partial charge in [-0.1, -0.05) is 42.5 Å². The fourth-order valence-corrected chi connectivity index (χ4v) is 4.08. The van der Waals surface area contributed by atoms with Crippen molar-refractivity contribution in [2.45, 2.75) is 6.54 Å². The number of hydrogen-bond donors (Lipinski definition) is 0. The van der Waals surface area contributed by atoms with E-state index < -0.39 is 0 Å². The van der Waals surface area contributed by atoms with Crippen molar-refractivity contribution in [1.29, 1.82) is 0 Å². The number of carbonyl (C=O) groups excluding carboxylic acids is 2. The SMILES string of the molecule is O=C1c2ccccc2C(=O)N1Cc1c(-c2ccccc2)nc2sccn12. The van der Waals surface area contributed by atoms with E-state index in [1.807, 2.05) is 46.3 Å². The highest BCUT2D eigenvalue weighted by molar-refractivity contribution is 7.15. The molecule has 0 atom stereocenters. The molecule has 0 bridgehead atoms. The molecular formula is C20H13N3O2S. The van der Waals surface area contributed by atoms with Crippen LogP contribution in [0.1, 0.15) is 26.4 Å². The van der Waals surface area contributed by atoms with Crippen molar-refractivity contribution in [3.05, 3.63) is 83.0 Å². The van der Waals surface area contributed by atoms with Gasteiger partial charge in [-0.25, -0.2) is 4.98 Å². The number of imidazole rings is 1. The summed E-state index contributed by atoms with van der Waals surface area (Å²) in [7, 11) is 0. The van der Waals surface area contributed by atoms with E-state index in [9.17, 15) is 9.59 Å². The number of carbonyl (C=O) groups is 2. The van der Waals surface area contributed by atoms with Gasteiger partial charge in [-0.2, -0.15) is 0 Å². The molecule has 26 heavy (non-hydrogen) atoms. The van der Waals surface area contributed by atoms with Gasteiger partial charge in [0.1, 0.15) is 0 Å². The van der Waals surface area contributed by atoms with Gasteiger partial charge >= 0.3 is 0 Å². The molecule has 0 saturated heterocycles. The van der Waals surface area contributed by atoms with E-state index in [1.165, 1.54) is 16.2 Å². The van der Waals surface area contributed by atoms with Crippen LogP contribution in [0, 0.1) is 0 Å². The Hall–Kier alpha value is -3.25. The number of amides is 2. The predicted octanol–water partition coefficient (Wildman–Crippen LogP) is 3.86. The largest absolute Gasteiger partial charge is 0.292 e. The maximum atomic E-state index is 12.7. The molecule has 2 aromatic carbocycles. The van der Waals surface area contributed by atoms with Gasteiger partial charge in [0.05, 0.1) is 29.1 Å². The van der Waals surface area contributed by atoms with Crippen LogP contribution in [0.2, 0.25) is 0 Å². The number of nitrogens with zero attached hydrogens (tertiary/aromatic N) is 3. The number of aromatic nitrogens is 2. The molecule has 5 nitrogen and oxygen atoms in total. The summed E-state index contributed by atoms with van der Waals surface area (Å²) in [5.41, 5.74) is 3.53. The first-order valence-corrected chi connectivity index (χ1v) is 9.07. The Labute approximate surface area is 153 Å². The van der Waals surface area contributed by atoms with Crippen molar-refractivity contribution in [3.8, 4) is 11.3 Å². The van der Waals surface area contributed by atoms with Crippen molar-refractivity contribution < 1.29 is 9.59 Å². The Morgan fingerprint density at radius 1 is 0.885 bits per heavy atom. The van der Waals surface area contributed by atoms with Crippen molar-refractivity contribution in [2.24, 2.45) is 0 Å². The third-order valence-electron chi connectivity index (χ3n) is 4.59. The lowest BCUT2D eigenvalue weighted by atomic mass is 10.1. The number of benzene rings is 2. The number of thiazole rings is 1. The molecule has 0 aliphatic carbocycles. The zero-order valence-electron chi connectivity index (χ0n) is 13.6. The molecule has 1 aliphatic heterocycles. The van der Waals surface area contributed by atoms with E-state index in [-0.39, 0.29) is 18.4 Å². The quantitative estimate of drug-likeness (QED) is 0.522. The second-order valence-electron chi connectivity index (χ2n) is 6.07. The minimum atomic E-state index is -0.255. The fraction of sp³-hybridized carbons (Fsp3) is 0.0500. The minimum absolute atomic E-state index is 0.189. The first kappa shape index (κ1) is 15.0. The highest BCUT2D eigenvalue weighted by atomic mass is 32.1. The lowest BCUT2D eigenvalue weighted by Crippen LogP contribution is -2.29. The number of fused-ring (bicyclic) bond motifs is 2. The molecule has 0 N–H and O–H groups in total. The van der Waals surface area contributed by atoms with Gasteiger partial charge in [0, 0.05) is 17.1 Å². The highest BCUT2D eigenvalue weighted by Crippen LogP contribution is 2.30. The number of hydrogen-bond acceptors (Lipinski definition) is 4. The Morgan fingerprint density at radius 3 is 2.23 bits per heavy atom. The molecule has 0 radical (unpaired) electrons. The molecule has 5 rings (SSSR count). The molecule has 126 valence electrons. The summed E-state index contributed by atoms with van der Waals surface area (Å²) in [6.45, 7) is 0.189. The maximum absolute atomic E-state index is 12.7. The van der Waals surface area contributed by atoms with E-state index in [4.69, 9.17) is 4.98 Å². The van der Waals surface area contributed by atoms with Crippen LogP contribution in [-0.4, -0.2) is 26.1 Å². The number of rotatable bonds is 3. The van der Waals surface area contributed by atoms with Crippen LogP contribution in [0.3, 0.4) is 0 Å². The summed E-state index contributed by atoms with van der Waals surface area (Å²) in [5.74, 6) is -0.510. The van der Waals surface area contributed by atoms with Gasteiger partial charge < -0.3 is 0 Å². The minimum Gasteiger partial charge on any atom is -0.292 e. The van der Waals surface area contributed by atoms with Crippen LogP contribution < -0.4 is 0 Å². The van der Waals surface area contributed by atoms with Crippen molar-refractivity contribution in [2.75, 3.05) is 0 Å². The van der Waals surface area contributed by atoms with Crippen LogP contribution >= 0.6 is 11.3 Å². The van der Waals surface area contributed by atoms with E-state index in [1.54, 1.807) is 24.3 Å². The van der Waals surface area contributed by atoms with E-state index in [2.05, 4.69) is 0 Å². The van der Waals surface area contributed by atoms with Crippen LogP contribution in [0.25, 0.3) is 16.2 Å². The van der Waals surface area contributed by atoms with Gasteiger partial charge in [-0.05, 0) is 12.1 Å². The van der Waals surface area contributed by atoms with Gasteiger partial charge in [-0.15, -0.1) is 11.3 Å². The molecule has 0 fully saturated rings. The van der Waals surface area contributed by atoms with E-state index in [0.717, 1.165) is 21.9 Å². The first-order valence-electron chi connectivity index (χ1n) is 8.19. The lowest BCUT2D eigenvalue weighted by Gasteiger charge is -2.14. The smallest absolute Gasteiger partial charge is 0.261 e. The molecule has 0 unspecified atom stereocenters. The lowest BCUT2D eigenvalue weighted by molar-refractivity contribution is 0.0640. The standard InChI is InChI=1S/C20H13N3O2S/c24-18-14-8-4-5-9-15(14)19(25)23(18)12-16-17(13-6-2-1-3-7-13)21-20-22(16)10-11-26-20/h1-11H,12H2. The zero-order chi connectivity index (χ0) is 17.7. The summed E-state index contributed by atoms with van der Waals surface area (Å²) < 4.78 is 1.95. The van der Waals surface area contributed by atoms with Gasteiger partial charge in [0.2, 0.25) is 0 Å². The van der Waals surface area contributed by atoms with Gasteiger partial charge in [0.15, 0.2) is 4.96 Å². The summed E-state index contributed by atoms with van der Waals surface area (Å²) in [5, 5.41) is 1.95. The third kappa shape index (κ3) is 2.12. The van der Waals surface area contributed by atoms with Gasteiger partial charge in [-0.3, -0.25) is 18.9 Å². The summed E-state index contributed by atoms with van der Waals surface area (Å²) in [4.78, 5) is 32.3. The van der Waals surface area contributed by atoms with Crippen molar-refractivity contribution in [3.63, 3.8) is 0 Å². The average molecular weight is 359 g/mol. The third-order valence-corrected chi connectivity index (χ3v) is 5.35. The molecule has 2 aromatic heterocycles. The fourth-order valence-electron chi connectivity index (χ4n) is 3.34. The van der Waals surface area contributed by atoms with Gasteiger partial charge in [0.25, 0.3) is 11.8 Å². The first-order chi connectivity index (χ1) is 12.7. The molecule has 3 heterocycles. The van der Waals surface area contributed by atoms with Crippen LogP contribution in [-0.2, 0) is 6.54 Å². The molecular weight excluding hydrogens is 346 g/mol. The monoisotopic (exact) mass is 359 g/mol. The second kappa shape index (κ2) is 5.64. The second-order valence-corrected chi connectivity index (χ2v) is 6.94. The topological polar surface area (TPSA) is 54.7 Å². The Morgan fingerprint density at radius 2 is 1.54 bits per heavy atom. The Kier molecular flexibility index (Phi) is 3.26. The molecule has 0 spiro atoms. The van der Waals surface area contributed by atoms with Crippen LogP contribution in [0.5, 0.6) is 0 Å². The van der Waals surface area contributed by atoms with Crippen molar-refractivity contribution >= 4 is 28.1 Å². The summed E-state index contributed by atoms with van der Waals surface area (Å²) in [6, 6.07) is 16.8. The predicted molar refractivity (Wildman–Crippen MR) is 99.2 cm³/mol. The normalized spacial score (nSPS) is 13.6. The molecule has 0 saturated carbocycles. The average Bonchev–Trinajstić information content (AvgIpc) is 3.33. The summed E-state index contributed by atoms with van der Waals surface area (Å²) >= 11 is 1.53. The molecule has 4 aromatic rings. The van der Waals surface area contributed by atoms with Crippen molar-refractivity contribution in [1.82, 2.24) is 14.3 Å². The number of imide groups is 1. The summed E-state index contributed by atoms with van der Waals surface area (Å²) in [6.07, 6.45) is 1.92. The van der Waals surface area contributed by atoms with E-state index >= 15 is 0 Å². The van der Waals surface area contributed by atoms with Crippen LogP contribution in [0.15, 0.2) is 66.2 Å². The zero-order valence-corrected chi connectivity index (χ0v) is 14.4. The molecule has 1 aliphatic rings.